The molecule has 2 amide bonds. The molecule has 0 aliphatic rings. The first-order valence-corrected chi connectivity index (χ1v) is 12.1. The number of carbonyl (C=O) groups excluding carboxylic acids is 3. The Labute approximate surface area is 217 Å². The zero-order chi connectivity index (χ0) is 27.4. The molecule has 37 heavy (non-hydrogen) atoms. The van der Waals surface area contributed by atoms with Crippen molar-refractivity contribution in [3.05, 3.63) is 0 Å². The average Bonchev–Trinajstić information content (AvgIpc) is 2.87. The van der Waals surface area contributed by atoms with E-state index in [0.717, 1.165) is 0 Å². The number of ether oxygens (including phenoxy) is 6. The molecule has 0 spiro atoms. The summed E-state index contributed by atoms with van der Waals surface area (Å²) in [4.78, 5) is 44.9. The molecular formula is C24H40N2O11. The van der Waals surface area contributed by atoms with Crippen molar-refractivity contribution in [1.29, 1.82) is 0 Å². The van der Waals surface area contributed by atoms with Gasteiger partial charge < -0.3 is 44.2 Å². The van der Waals surface area contributed by atoms with E-state index in [0.29, 0.717) is 65.2 Å². The van der Waals surface area contributed by atoms with Crippen LogP contribution in [0.2, 0.25) is 0 Å². The third kappa shape index (κ3) is 27.8. The molecule has 0 atom stereocenters. The molecule has 212 valence electrons. The van der Waals surface area contributed by atoms with Crippen molar-refractivity contribution in [3.8, 4) is 12.3 Å². The predicted molar refractivity (Wildman–Crippen MR) is 131 cm³/mol. The van der Waals surface area contributed by atoms with Crippen LogP contribution in [-0.4, -0.2) is 121 Å². The molecule has 0 unspecified atom stereocenters. The summed E-state index contributed by atoms with van der Waals surface area (Å²) in [5, 5.41) is 13.7. The van der Waals surface area contributed by atoms with Crippen LogP contribution >= 0.6 is 0 Å². The van der Waals surface area contributed by atoms with Gasteiger partial charge >= 0.3 is 5.97 Å². The van der Waals surface area contributed by atoms with Gasteiger partial charge in [0.25, 0.3) is 0 Å². The Bertz CT molecular complexity index is 668. The molecule has 13 heteroatoms. The summed E-state index contributed by atoms with van der Waals surface area (Å²) in [6.07, 6.45) is 6.69. The Balaban J connectivity index is 3.32. The van der Waals surface area contributed by atoms with Gasteiger partial charge in [0.1, 0.15) is 19.8 Å². The maximum Gasteiger partial charge on any atom is 0.329 e. The summed E-state index contributed by atoms with van der Waals surface area (Å²) in [7, 11) is 0. The van der Waals surface area contributed by atoms with Gasteiger partial charge in [0.15, 0.2) is 5.78 Å². The number of carbonyl (C=O) groups is 4. The van der Waals surface area contributed by atoms with Gasteiger partial charge in [-0.3, -0.25) is 14.4 Å². The molecule has 0 aromatic heterocycles. The summed E-state index contributed by atoms with van der Waals surface area (Å²) in [6.45, 7) is 2.83. The van der Waals surface area contributed by atoms with Crippen LogP contribution in [0.25, 0.3) is 0 Å². The molecule has 0 saturated heterocycles. The number of hydrogen-bond acceptors (Lipinski definition) is 10. The number of carboxylic acid groups (broad SMARTS) is 1. The van der Waals surface area contributed by atoms with Crippen molar-refractivity contribution in [3.63, 3.8) is 0 Å². The third-order valence-electron chi connectivity index (χ3n) is 4.22. The second kappa shape index (κ2) is 26.5. The first-order valence-electron chi connectivity index (χ1n) is 12.1. The topological polar surface area (TPSA) is 168 Å². The molecule has 0 radical (unpaired) electrons. The lowest BCUT2D eigenvalue weighted by atomic mass is 10.2. The van der Waals surface area contributed by atoms with Crippen molar-refractivity contribution in [2.24, 2.45) is 0 Å². The number of aliphatic carboxylic acids is 1. The van der Waals surface area contributed by atoms with Crippen LogP contribution in [0.5, 0.6) is 0 Å². The van der Waals surface area contributed by atoms with E-state index in [-0.39, 0.29) is 70.5 Å². The highest BCUT2D eigenvalue weighted by atomic mass is 16.5. The fourth-order valence-corrected chi connectivity index (χ4v) is 2.46. The van der Waals surface area contributed by atoms with Crippen LogP contribution in [0.3, 0.4) is 0 Å². The number of carboxylic acids is 1. The number of amides is 2. The lowest BCUT2D eigenvalue weighted by Gasteiger charge is -2.08. The van der Waals surface area contributed by atoms with E-state index in [2.05, 4.69) is 16.6 Å². The molecule has 0 aromatic carbocycles. The second-order valence-electron chi connectivity index (χ2n) is 7.43. The van der Waals surface area contributed by atoms with Gasteiger partial charge in [-0.2, -0.15) is 0 Å². The standard InChI is InChI=1S/C24H40N2O11/c1-2-3-6-22(28)25-7-10-33-13-15-35-18-21(27)5-4-9-32-12-16-36-19-23(29)26-8-11-34-14-17-37-20-24(30)31/h1H,3-20H2,(H,25,28)(H,26,29)(H,30,31). The number of nitrogens with one attached hydrogen (secondary N) is 2. The summed E-state index contributed by atoms with van der Waals surface area (Å²) in [5.74, 6) is 0.931. The molecular weight excluding hydrogens is 492 g/mol. The van der Waals surface area contributed by atoms with Gasteiger partial charge in [-0.25, -0.2) is 4.79 Å². The van der Waals surface area contributed by atoms with Crippen molar-refractivity contribution in [1.82, 2.24) is 10.6 Å². The van der Waals surface area contributed by atoms with Gasteiger partial charge in [0.2, 0.25) is 11.8 Å². The molecule has 13 nitrogen and oxygen atoms in total. The molecule has 0 saturated carbocycles. The van der Waals surface area contributed by atoms with E-state index in [1.165, 1.54) is 0 Å². The lowest BCUT2D eigenvalue weighted by Crippen LogP contribution is -2.31. The van der Waals surface area contributed by atoms with Crippen LogP contribution in [0.1, 0.15) is 25.7 Å². The number of ketones is 1. The first kappa shape index (κ1) is 34.4. The Hall–Kier alpha value is -2.60. The van der Waals surface area contributed by atoms with Crippen molar-refractivity contribution in [2.45, 2.75) is 25.7 Å². The highest BCUT2D eigenvalue weighted by molar-refractivity contribution is 5.79. The smallest absolute Gasteiger partial charge is 0.329 e. The molecule has 3 N–H and O–H groups in total. The summed E-state index contributed by atoms with van der Waals surface area (Å²) in [6, 6.07) is 0. The largest absolute Gasteiger partial charge is 0.480 e. The zero-order valence-electron chi connectivity index (χ0n) is 21.3. The fourth-order valence-electron chi connectivity index (χ4n) is 2.46. The van der Waals surface area contributed by atoms with E-state index in [1.807, 2.05) is 0 Å². The highest BCUT2D eigenvalue weighted by Crippen LogP contribution is 1.94. The van der Waals surface area contributed by atoms with E-state index in [4.69, 9.17) is 40.0 Å². The summed E-state index contributed by atoms with van der Waals surface area (Å²) < 4.78 is 31.1. The fraction of sp³-hybridized carbons (Fsp3) is 0.750. The van der Waals surface area contributed by atoms with E-state index in [1.54, 1.807) is 0 Å². The summed E-state index contributed by atoms with van der Waals surface area (Å²) in [5.41, 5.74) is 0. The van der Waals surface area contributed by atoms with Crippen LogP contribution in [0.4, 0.5) is 0 Å². The maximum absolute atomic E-state index is 11.8. The quantitative estimate of drug-likeness (QED) is 0.0891. The van der Waals surface area contributed by atoms with E-state index in [9.17, 15) is 19.2 Å². The minimum atomic E-state index is -1.04. The van der Waals surface area contributed by atoms with Gasteiger partial charge in [0, 0.05) is 39.0 Å². The normalized spacial score (nSPS) is 10.6. The molecule has 0 fully saturated rings. The molecule has 0 aromatic rings. The number of Topliss-reactive ketones (excluding diaryl/α,β-unsaturated/α-hetero) is 1. The molecule has 0 heterocycles. The lowest BCUT2D eigenvalue weighted by molar-refractivity contribution is -0.142. The van der Waals surface area contributed by atoms with Crippen LogP contribution in [0, 0.1) is 12.3 Å². The minimum absolute atomic E-state index is 0.00788. The predicted octanol–water partition coefficient (Wildman–Crippen LogP) is -0.834. The molecule has 0 aliphatic heterocycles. The molecule has 0 bridgehead atoms. The highest BCUT2D eigenvalue weighted by Gasteiger charge is 2.04. The number of rotatable bonds is 27. The molecule has 0 aliphatic carbocycles. The second-order valence-corrected chi connectivity index (χ2v) is 7.43. The van der Waals surface area contributed by atoms with Gasteiger partial charge in [-0.05, 0) is 6.42 Å². The van der Waals surface area contributed by atoms with Crippen LogP contribution < -0.4 is 10.6 Å². The zero-order valence-corrected chi connectivity index (χ0v) is 21.3. The Morgan fingerprint density at radius 3 is 1.73 bits per heavy atom. The van der Waals surface area contributed by atoms with Crippen molar-refractivity contribution in [2.75, 3.05) is 92.4 Å². The first-order chi connectivity index (χ1) is 18.0. The van der Waals surface area contributed by atoms with E-state index < -0.39 is 5.97 Å². The summed E-state index contributed by atoms with van der Waals surface area (Å²) >= 11 is 0. The SMILES string of the molecule is C#CCCC(=O)NCCOCCOCC(=O)CCCOCCOCC(=O)NCCOCCOCC(=O)O. The van der Waals surface area contributed by atoms with Gasteiger partial charge in [-0.1, -0.05) is 0 Å². The van der Waals surface area contributed by atoms with Gasteiger partial charge in [0.05, 0.1) is 52.9 Å². The van der Waals surface area contributed by atoms with Crippen LogP contribution in [-0.2, 0) is 47.6 Å². The van der Waals surface area contributed by atoms with Gasteiger partial charge in [-0.15, -0.1) is 12.3 Å². The molecule has 0 rings (SSSR count). The Kier molecular flexibility index (Phi) is 24.6. The minimum Gasteiger partial charge on any atom is -0.480 e. The van der Waals surface area contributed by atoms with Crippen molar-refractivity contribution >= 4 is 23.6 Å². The van der Waals surface area contributed by atoms with E-state index >= 15 is 0 Å². The third-order valence-corrected chi connectivity index (χ3v) is 4.22. The number of hydrogen-bond donors (Lipinski definition) is 3. The van der Waals surface area contributed by atoms with Crippen LogP contribution in [0.15, 0.2) is 0 Å². The average molecular weight is 533 g/mol. The maximum atomic E-state index is 11.8. The monoisotopic (exact) mass is 532 g/mol. The number of terminal acetylenes is 1. The Morgan fingerprint density at radius 1 is 0.622 bits per heavy atom. The van der Waals surface area contributed by atoms with Crippen molar-refractivity contribution < 1.29 is 52.7 Å². The Morgan fingerprint density at radius 2 is 1.14 bits per heavy atom.